The third-order valence-corrected chi connectivity index (χ3v) is 4.66. The molecule has 1 unspecified atom stereocenters. The highest BCUT2D eigenvalue weighted by molar-refractivity contribution is 7.89. The molecular formula is C13H19N3O2S. The van der Waals surface area contributed by atoms with E-state index >= 15 is 0 Å². The first-order valence-corrected chi connectivity index (χ1v) is 7.55. The summed E-state index contributed by atoms with van der Waals surface area (Å²) in [6.45, 7) is 6.42. The molecule has 0 aliphatic carbocycles. The van der Waals surface area contributed by atoms with Crippen molar-refractivity contribution in [1.29, 1.82) is 5.26 Å². The van der Waals surface area contributed by atoms with Gasteiger partial charge in [-0.2, -0.15) is 5.26 Å². The first-order chi connectivity index (χ1) is 8.77. The highest BCUT2D eigenvalue weighted by atomic mass is 32.2. The van der Waals surface area contributed by atoms with Crippen molar-refractivity contribution in [3.63, 3.8) is 0 Å². The van der Waals surface area contributed by atoms with E-state index in [9.17, 15) is 8.42 Å². The van der Waals surface area contributed by atoms with Crippen LogP contribution in [0.4, 0.5) is 5.69 Å². The molecule has 0 heterocycles. The molecule has 3 N–H and O–H groups in total. The molecule has 0 amide bonds. The lowest BCUT2D eigenvalue weighted by atomic mass is 9.99. The second-order valence-corrected chi connectivity index (χ2v) is 6.67. The SMILES string of the molecule is CC(C)C(C)CNS(=O)(=O)c1ccc(C#N)cc1N. The van der Waals surface area contributed by atoms with Crippen LogP contribution in [0.5, 0.6) is 0 Å². The highest BCUT2D eigenvalue weighted by Gasteiger charge is 2.19. The van der Waals surface area contributed by atoms with Crippen molar-refractivity contribution in [3.8, 4) is 6.07 Å². The second-order valence-electron chi connectivity index (χ2n) is 4.94. The fourth-order valence-electron chi connectivity index (χ4n) is 1.42. The van der Waals surface area contributed by atoms with Gasteiger partial charge in [-0.3, -0.25) is 0 Å². The summed E-state index contributed by atoms with van der Waals surface area (Å²) in [5, 5.41) is 8.72. The number of nitriles is 1. The molecule has 6 heteroatoms. The number of nitrogens with zero attached hydrogens (tertiary/aromatic N) is 1. The van der Waals surface area contributed by atoms with Crippen molar-refractivity contribution >= 4 is 15.7 Å². The Morgan fingerprint density at radius 1 is 1.37 bits per heavy atom. The largest absolute Gasteiger partial charge is 0.398 e. The minimum atomic E-state index is -3.63. The van der Waals surface area contributed by atoms with Gasteiger partial charge in [0.2, 0.25) is 10.0 Å². The molecule has 0 spiro atoms. The third-order valence-electron chi connectivity index (χ3n) is 3.16. The minimum Gasteiger partial charge on any atom is -0.398 e. The molecule has 0 saturated heterocycles. The summed E-state index contributed by atoms with van der Waals surface area (Å²) in [6.07, 6.45) is 0. The Labute approximate surface area is 114 Å². The molecule has 0 aliphatic rings. The lowest BCUT2D eigenvalue weighted by molar-refractivity contribution is 0.414. The van der Waals surface area contributed by atoms with Gasteiger partial charge in [0.1, 0.15) is 4.90 Å². The number of nitrogens with two attached hydrogens (primary N) is 1. The average Bonchev–Trinajstić information content (AvgIpc) is 2.35. The quantitative estimate of drug-likeness (QED) is 0.803. The Morgan fingerprint density at radius 3 is 2.47 bits per heavy atom. The maximum atomic E-state index is 12.1. The third kappa shape index (κ3) is 3.94. The lowest BCUT2D eigenvalue weighted by Crippen LogP contribution is -2.30. The molecule has 1 atom stereocenters. The van der Waals surface area contributed by atoms with E-state index in [0.717, 1.165) is 0 Å². The van der Waals surface area contributed by atoms with Crippen LogP contribution in [-0.4, -0.2) is 15.0 Å². The summed E-state index contributed by atoms with van der Waals surface area (Å²) in [6, 6.07) is 6.08. The molecule has 0 radical (unpaired) electrons. The summed E-state index contributed by atoms with van der Waals surface area (Å²) < 4.78 is 26.8. The normalized spacial score (nSPS) is 13.2. The van der Waals surface area contributed by atoms with Crippen LogP contribution in [0.15, 0.2) is 23.1 Å². The van der Waals surface area contributed by atoms with Crippen LogP contribution in [0, 0.1) is 23.2 Å². The predicted molar refractivity (Wildman–Crippen MR) is 74.8 cm³/mol. The maximum Gasteiger partial charge on any atom is 0.242 e. The van der Waals surface area contributed by atoms with E-state index in [2.05, 4.69) is 4.72 Å². The Kier molecular flexibility index (Phi) is 4.92. The van der Waals surface area contributed by atoms with Crippen LogP contribution in [0.1, 0.15) is 26.3 Å². The molecule has 0 saturated carbocycles. The number of nitrogen functional groups attached to an aromatic ring is 1. The Hall–Kier alpha value is -1.58. The maximum absolute atomic E-state index is 12.1. The van der Waals surface area contributed by atoms with E-state index in [1.807, 2.05) is 26.8 Å². The zero-order chi connectivity index (χ0) is 14.6. The van der Waals surface area contributed by atoms with Crippen molar-refractivity contribution in [3.05, 3.63) is 23.8 Å². The molecule has 0 aromatic heterocycles. The minimum absolute atomic E-state index is 0.0162. The van der Waals surface area contributed by atoms with Crippen LogP contribution >= 0.6 is 0 Å². The van der Waals surface area contributed by atoms with Crippen LogP contribution in [0.2, 0.25) is 0 Å². The monoisotopic (exact) mass is 281 g/mol. The van der Waals surface area contributed by atoms with Gasteiger partial charge >= 0.3 is 0 Å². The van der Waals surface area contributed by atoms with Crippen LogP contribution < -0.4 is 10.5 Å². The first kappa shape index (κ1) is 15.5. The zero-order valence-electron chi connectivity index (χ0n) is 11.3. The van der Waals surface area contributed by atoms with Gasteiger partial charge in [-0.05, 0) is 30.0 Å². The molecule has 104 valence electrons. The van der Waals surface area contributed by atoms with Gasteiger partial charge in [-0.15, -0.1) is 0 Å². The van der Waals surface area contributed by atoms with Gasteiger partial charge in [0.05, 0.1) is 17.3 Å². The lowest BCUT2D eigenvalue weighted by Gasteiger charge is -2.16. The van der Waals surface area contributed by atoms with Crippen molar-refractivity contribution in [2.24, 2.45) is 11.8 Å². The smallest absolute Gasteiger partial charge is 0.242 e. The topological polar surface area (TPSA) is 96.0 Å². The average molecular weight is 281 g/mol. The molecule has 1 rings (SSSR count). The van der Waals surface area contributed by atoms with E-state index in [0.29, 0.717) is 18.0 Å². The molecule has 0 aliphatic heterocycles. The summed E-state index contributed by atoms with van der Waals surface area (Å²) >= 11 is 0. The fraction of sp³-hybridized carbons (Fsp3) is 0.462. The molecular weight excluding hydrogens is 262 g/mol. The van der Waals surface area contributed by atoms with Crippen LogP contribution in [0.25, 0.3) is 0 Å². The van der Waals surface area contributed by atoms with Gasteiger partial charge in [0.15, 0.2) is 0 Å². The van der Waals surface area contributed by atoms with Gasteiger partial charge < -0.3 is 5.73 Å². The number of benzene rings is 1. The number of sulfonamides is 1. The molecule has 19 heavy (non-hydrogen) atoms. The summed E-state index contributed by atoms with van der Waals surface area (Å²) in [4.78, 5) is 0.0162. The molecule has 0 bridgehead atoms. The van der Waals surface area contributed by atoms with E-state index in [1.165, 1.54) is 18.2 Å². The van der Waals surface area contributed by atoms with Crippen molar-refractivity contribution in [2.75, 3.05) is 12.3 Å². The standard InChI is InChI=1S/C13H19N3O2S/c1-9(2)10(3)8-16-19(17,18)13-5-4-11(7-14)6-12(13)15/h4-6,9-10,16H,8,15H2,1-3H3. The van der Waals surface area contributed by atoms with E-state index < -0.39 is 10.0 Å². The zero-order valence-corrected chi connectivity index (χ0v) is 12.2. The number of rotatable bonds is 5. The van der Waals surface area contributed by atoms with Gasteiger partial charge in [-0.1, -0.05) is 20.8 Å². The summed E-state index contributed by atoms with van der Waals surface area (Å²) in [7, 11) is -3.63. The fourth-order valence-corrected chi connectivity index (χ4v) is 2.67. The second kappa shape index (κ2) is 6.04. The van der Waals surface area contributed by atoms with E-state index in [1.54, 1.807) is 0 Å². The van der Waals surface area contributed by atoms with Gasteiger partial charge in [0, 0.05) is 6.54 Å². The predicted octanol–water partition coefficient (Wildman–Crippen LogP) is 1.71. The summed E-state index contributed by atoms with van der Waals surface area (Å²) in [5.74, 6) is 0.621. The number of anilines is 1. The number of hydrogen-bond acceptors (Lipinski definition) is 4. The van der Waals surface area contributed by atoms with Gasteiger partial charge in [0.25, 0.3) is 0 Å². The van der Waals surface area contributed by atoms with Gasteiger partial charge in [-0.25, -0.2) is 13.1 Å². The van der Waals surface area contributed by atoms with Crippen LogP contribution in [0.3, 0.4) is 0 Å². The van der Waals surface area contributed by atoms with Crippen molar-refractivity contribution < 1.29 is 8.42 Å². The molecule has 1 aromatic carbocycles. The van der Waals surface area contributed by atoms with E-state index in [4.69, 9.17) is 11.0 Å². The summed E-state index contributed by atoms with van der Waals surface area (Å²) in [5.41, 5.74) is 6.11. The molecule has 1 aromatic rings. The first-order valence-electron chi connectivity index (χ1n) is 6.07. The van der Waals surface area contributed by atoms with Crippen molar-refractivity contribution in [1.82, 2.24) is 4.72 Å². The number of nitrogens with one attached hydrogen (secondary N) is 1. The molecule has 5 nitrogen and oxygen atoms in total. The number of hydrogen-bond donors (Lipinski definition) is 2. The van der Waals surface area contributed by atoms with Crippen molar-refractivity contribution in [2.45, 2.75) is 25.7 Å². The van der Waals surface area contributed by atoms with E-state index in [-0.39, 0.29) is 16.5 Å². The highest BCUT2D eigenvalue weighted by Crippen LogP contribution is 2.20. The molecule has 0 fully saturated rings. The Bertz CT molecular complexity index is 588. The van der Waals surface area contributed by atoms with Crippen LogP contribution in [-0.2, 0) is 10.0 Å². The Balaban J connectivity index is 2.93. The Morgan fingerprint density at radius 2 is 2.00 bits per heavy atom.